The highest BCUT2D eigenvalue weighted by atomic mass is 35.5. The lowest BCUT2D eigenvalue weighted by Crippen LogP contribution is -2.15. The van der Waals surface area contributed by atoms with Crippen molar-refractivity contribution in [3.8, 4) is 5.75 Å². The molecule has 27 heavy (non-hydrogen) atoms. The van der Waals surface area contributed by atoms with Crippen LogP contribution in [0.15, 0.2) is 52.1 Å². The maximum absolute atomic E-state index is 12.1. The van der Waals surface area contributed by atoms with E-state index in [0.29, 0.717) is 21.9 Å². The second kappa shape index (κ2) is 8.92. The minimum absolute atomic E-state index is 0.133. The molecule has 3 rings (SSSR count). The molecule has 1 heterocycles. The molecule has 0 atom stereocenters. The number of hydrogen-bond acceptors (Lipinski definition) is 6. The van der Waals surface area contributed by atoms with Gasteiger partial charge in [-0.15, -0.1) is 10.2 Å². The molecule has 140 valence electrons. The fraction of sp³-hybridized carbons (Fsp3) is 0.211. The van der Waals surface area contributed by atoms with Crippen molar-refractivity contribution < 1.29 is 13.9 Å². The Balaban J connectivity index is 1.48. The molecule has 3 aromatic rings. The van der Waals surface area contributed by atoms with Crippen LogP contribution in [0.2, 0.25) is 5.02 Å². The highest BCUT2D eigenvalue weighted by molar-refractivity contribution is 7.99. The SMILES string of the molecule is Cc1cccc(NC(=O)CSc2nnc(COc3ccc(Cl)cc3)o2)c1C. The fourth-order valence-corrected chi connectivity index (χ4v) is 2.94. The van der Waals surface area contributed by atoms with Crippen molar-refractivity contribution in [2.75, 3.05) is 11.1 Å². The number of hydrogen-bond donors (Lipinski definition) is 1. The van der Waals surface area contributed by atoms with E-state index in [1.54, 1.807) is 24.3 Å². The Kier molecular flexibility index (Phi) is 6.36. The summed E-state index contributed by atoms with van der Waals surface area (Å²) in [6.07, 6.45) is 0. The van der Waals surface area contributed by atoms with Gasteiger partial charge >= 0.3 is 0 Å². The molecule has 0 spiro atoms. The van der Waals surface area contributed by atoms with Gasteiger partial charge in [0.05, 0.1) is 5.75 Å². The Morgan fingerprint density at radius 2 is 1.96 bits per heavy atom. The first kappa shape index (κ1) is 19.3. The van der Waals surface area contributed by atoms with Gasteiger partial charge in [-0.2, -0.15) is 0 Å². The number of benzene rings is 2. The number of anilines is 1. The molecule has 2 aromatic carbocycles. The molecular weight excluding hydrogens is 386 g/mol. The smallest absolute Gasteiger partial charge is 0.277 e. The number of ether oxygens (including phenoxy) is 1. The second-order valence-electron chi connectivity index (χ2n) is 5.79. The predicted octanol–water partition coefficient (Wildman–Crippen LogP) is 4.65. The summed E-state index contributed by atoms with van der Waals surface area (Å²) in [7, 11) is 0. The number of rotatable bonds is 7. The van der Waals surface area contributed by atoms with Crippen LogP contribution < -0.4 is 10.1 Å². The third-order valence-electron chi connectivity index (χ3n) is 3.83. The Morgan fingerprint density at radius 3 is 2.74 bits per heavy atom. The molecule has 0 aliphatic carbocycles. The molecule has 1 N–H and O–H groups in total. The van der Waals surface area contributed by atoms with E-state index in [-0.39, 0.29) is 18.3 Å². The molecular formula is C19H18ClN3O3S. The summed E-state index contributed by atoms with van der Waals surface area (Å²) in [5.41, 5.74) is 2.99. The number of nitrogens with one attached hydrogen (secondary N) is 1. The Morgan fingerprint density at radius 1 is 1.19 bits per heavy atom. The van der Waals surface area contributed by atoms with E-state index in [0.717, 1.165) is 16.8 Å². The molecule has 0 radical (unpaired) electrons. The summed E-state index contributed by atoms with van der Waals surface area (Å²) in [5.74, 6) is 1.03. The molecule has 0 saturated carbocycles. The minimum atomic E-state index is -0.133. The molecule has 0 aliphatic rings. The summed E-state index contributed by atoms with van der Waals surface area (Å²) in [4.78, 5) is 12.1. The molecule has 0 unspecified atom stereocenters. The Hall–Kier alpha value is -2.51. The highest BCUT2D eigenvalue weighted by Crippen LogP contribution is 2.21. The predicted molar refractivity (Wildman–Crippen MR) is 105 cm³/mol. The quantitative estimate of drug-likeness (QED) is 0.578. The number of nitrogens with zero attached hydrogens (tertiary/aromatic N) is 2. The van der Waals surface area contributed by atoms with Gasteiger partial charge in [-0.1, -0.05) is 35.5 Å². The van der Waals surface area contributed by atoms with Gasteiger partial charge in [-0.3, -0.25) is 4.79 Å². The van der Waals surface area contributed by atoms with Crippen molar-refractivity contribution in [2.45, 2.75) is 25.7 Å². The van der Waals surface area contributed by atoms with Crippen LogP contribution in [0.3, 0.4) is 0 Å². The van der Waals surface area contributed by atoms with Crippen LogP contribution >= 0.6 is 23.4 Å². The van der Waals surface area contributed by atoms with Crippen LogP contribution in [-0.2, 0) is 11.4 Å². The van der Waals surface area contributed by atoms with Gasteiger partial charge in [0.1, 0.15) is 5.75 Å². The lowest BCUT2D eigenvalue weighted by atomic mass is 10.1. The molecule has 1 aromatic heterocycles. The van der Waals surface area contributed by atoms with E-state index in [1.807, 2.05) is 32.0 Å². The summed E-state index contributed by atoms with van der Waals surface area (Å²) in [6, 6.07) is 12.8. The van der Waals surface area contributed by atoms with Crippen LogP contribution in [0.1, 0.15) is 17.0 Å². The van der Waals surface area contributed by atoms with Crippen molar-refractivity contribution in [1.29, 1.82) is 0 Å². The molecule has 1 amide bonds. The highest BCUT2D eigenvalue weighted by Gasteiger charge is 2.11. The molecule has 6 nitrogen and oxygen atoms in total. The number of aryl methyl sites for hydroxylation is 1. The number of carbonyl (C=O) groups is 1. The lowest BCUT2D eigenvalue weighted by Gasteiger charge is -2.09. The van der Waals surface area contributed by atoms with E-state index in [1.165, 1.54) is 11.8 Å². The molecule has 0 bridgehead atoms. The zero-order chi connectivity index (χ0) is 19.2. The van der Waals surface area contributed by atoms with E-state index in [2.05, 4.69) is 15.5 Å². The summed E-state index contributed by atoms with van der Waals surface area (Å²) >= 11 is 7.00. The van der Waals surface area contributed by atoms with Crippen molar-refractivity contribution in [2.24, 2.45) is 0 Å². The third kappa shape index (κ3) is 5.48. The van der Waals surface area contributed by atoms with Crippen LogP contribution in [-0.4, -0.2) is 21.9 Å². The zero-order valence-corrected chi connectivity index (χ0v) is 16.4. The van der Waals surface area contributed by atoms with Crippen molar-refractivity contribution in [3.05, 3.63) is 64.5 Å². The average molecular weight is 404 g/mol. The maximum Gasteiger partial charge on any atom is 0.277 e. The largest absolute Gasteiger partial charge is 0.484 e. The van der Waals surface area contributed by atoms with Crippen molar-refractivity contribution in [3.63, 3.8) is 0 Å². The standard InChI is InChI=1S/C19H18ClN3O3S/c1-12-4-3-5-16(13(12)2)21-17(24)11-27-19-23-22-18(26-19)10-25-15-8-6-14(20)7-9-15/h3-9H,10-11H2,1-2H3,(H,21,24). The van der Waals surface area contributed by atoms with Crippen LogP contribution in [0.25, 0.3) is 0 Å². The van der Waals surface area contributed by atoms with Gasteiger partial charge in [0.15, 0.2) is 6.61 Å². The number of aromatic nitrogens is 2. The fourth-order valence-electron chi connectivity index (χ4n) is 2.23. The average Bonchev–Trinajstić information content (AvgIpc) is 3.11. The Labute approximate surface area is 166 Å². The van der Waals surface area contributed by atoms with Gasteiger partial charge in [-0.05, 0) is 55.3 Å². The molecule has 0 fully saturated rings. The first-order valence-corrected chi connectivity index (χ1v) is 9.57. The normalized spacial score (nSPS) is 10.6. The Bertz CT molecular complexity index is 928. The van der Waals surface area contributed by atoms with E-state index < -0.39 is 0 Å². The first-order chi connectivity index (χ1) is 13.0. The van der Waals surface area contributed by atoms with Crippen molar-refractivity contribution in [1.82, 2.24) is 10.2 Å². The first-order valence-electron chi connectivity index (χ1n) is 8.21. The second-order valence-corrected chi connectivity index (χ2v) is 7.15. The van der Waals surface area contributed by atoms with Gasteiger partial charge in [0, 0.05) is 10.7 Å². The summed E-state index contributed by atoms with van der Waals surface area (Å²) < 4.78 is 11.0. The van der Waals surface area contributed by atoms with E-state index in [9.17, 15) is 4.79 Å². The van der Waals surface area contributed by atoms with Crippen LogP contribution in [0.5, 0.6) is 5.75 Å². The third-order valence-corrected chi connectivity index (χ3v) is 4.90. The zero-order valence-electron chi connectivity index (χ0n) is 14.9. The number of carbonyl (C=O) groups excluding carboxylic acids is 1. The number of amides is 1. The monoisotopic (exact) mass is 403 g/mol. The lowest BCUT2D eigenvalue weighted by molar-refractivity contribution is -0.113. The summed E-state index contributed by atoms with van der Waals surface area (Å²) in [5, 5.41) is 11.7. The number of halogens is 1. The van der Waals surface area contributed by atoms with Gasteiger partial charge in [-0.25, -0.2) is 0 Å². The molecule has 0 aliphatic heterocycles. The molecule has 8 heteroatoms. The summed E-state index contributed by atoms with van der Waals surface area (Å²) in [6.45, 7) is 4.12. The maximum atomic E-state index is 12.1. The van der Waals surface area contributed by atoms with Gasteiger partial charge in [0.2, 0.25) is 5.91 Å². The molecule has 0 saturated heterocycles. The minimum Gasteiger partial charge on any atom is -0.484 e. The van der Waals surface area contributed by atoms with E-state index >= 15 is 0 Å². The van der Waals surface area contributed by atoms with Crippen molar-refractivity contribution >= 4 is 35.0 Å². The van der Waals surface area contributed by atoms with Crippen LogP contribution in [0, 0.1) is 13.8 Å². The van der Waals surface area contributed by atoms with Gasteiger partial charge in [0.25, 0.3) is 11.1 Å². The number of thioether (sulfide) groups is 1. The van der Waals surface area contributed by atoms with E-state index in [4.69, 9.17) is 20.8 Å². The van der Waals surface area contributed by atoms with Crippen LogP contribution in [0.4, 0.5) is 5.69 Å². The topological polar surface area (TPSA) is 77.2 Å². The van der Waals surface area contributed by atoms with Gasteiger partial charge < -0.3 is 14.5 Å².